The van der Waals surface area contributed by atoms with Crippen molar-refractivity contribution in [3.63, 3.8) is 0 Å². The minimum Gasteiger partial charge on any atom is -0.453 e. The number of hydrogen-bond acceptors (Lipinski definition) is 5. The predicted octanol–water partition coefficient (Wildman–Crippen LogP) is 2.89. The number of amides is 1. The number of hydrogen-bond donors (Lipinski definition) is 0. The lowest BCUT2D eigenvalue weighted by molar-refractivity contribution is 0.0928. The van der Waals surface area contributed by atoms with Crippen molar-refractivity contribution < 1.29 is 9.53 Å². The molecule has 1 amide bonds. The highest BCUT2D eigenvalue weighted by molar-refractivity contribution is 5.69. The fourth-order valence-electron chi connectivity index (χ4n) is 3.94. The van der Waals surface area contributed by atoms with Crippen LogP contribution in [-0.4, -0.2) is 41.2 Å². The highest BCUT2D eigenvalue weighted by Gasteiger charge is 2.57. The number of ether oxygens (including phenoxy) is 1. The number of nitrogens with zero attached hydrogens (tertiary/aromatic N) is 3. The molecule has 1 saturated carbocycles. The first-order chi connectivity index (χ1) is 11.6. The quantitative estimate of drug-likeness (QED) is 0.587. The Bertz CT molecular complexity index is 709. The van der Waals surface area contributed by atoms with Gasteiger partial charge in [-0.15, -0.1) is 0 Å². The number of nitroso groups, excluding NO2 is 1. The molecular formula is C18H21N3O3. The second kappa shape index (κ2) is 6.60. The maximum Gasteiger partial charge on any atom is 0.409 e. The van der Waals surface area contributed by atoms with Crippen LogP contribution in [-0.2, 0) is 4.74 Å². The van der Waals surface area contributed by atoms with E-state index in [1.54, 1.807) is 11.1 Å². The van der Waals surface area contributed by atoms with Crippen LogP contribution in [0.4, 0.5) is 4.79 Å². The van der Waals surface area contributed by atoms with Gasteiger partial charge in [0, 0.05) is 12.7 Å². The molecule has 0 aromatic carbocycles. The second-order valence-corrected chi connectivity index (χ2v) is 6.48. The number of aryl methyl sites for hydroxylation is 1. The van der Waals surface area contributed by atoms with Gasteiger partial charge >= 0.3 is 6.09 Å². The Hall–Kier alpha value is -2.42. The zero-order valence-electron chi connectivity index (χ0n) is 14.0. The molecular weight excluding hydrogens is 306 g/mol. The van der Waals surface area contributed by atoms with Crippen LogP contribution in [0.1, 0.15) is 36.9 Å². The molecule has 2 heterocycles. The number of aromatic nitrogens is 1. The molecule has 6 heteroatoms. The monoisotopic (exact) mass is 327 g/mol. The Morgan fingerprint density at radius 2 is 2.33 bits per heavy atom. The van der Waals surface area contributed by atoms with Gasteiger partial charge in [0.1, 0.15) is 11.2 Å². The van der Waals surface area contributed by atoms with Crippen molar-refractivity contribution in [1.29, 1.82) is 0 Å². The summed E-state index contributed by atoms with van der Waals surface area (Å²) in [6.45, 7) is 2.48. The highest BCUT2D eigenvalue weighted by atomic mass is 16.5. The maximum atomic E-state index is 12.0. The molecule has 0 radical (unpaired) electrons. The molecule has 2 aliphatic rings. The third kappa shape index (κ3) is 2.75. The van der Waals surface area contributed by atoms with Crippen molar-refractivity contribution in [3.05, 3.63) is 34.5 Å². The van der Waals surface area contributed by atoms with E-state index in [4.69, 9.17) is 4.74 Å². The molecule has 1 aliphatic carbocycles. The molecule has 1 aliphatic heterocycles. The summed E-state index contributed by atoms with van der Waals surface area (Å²) >= 11 is 0. The average Bonchev–Trinajstić information content (AvgIpc) is 2.99. The zero-order chi connectivity index (χ0) is 17.2. The Balaban J connectivity index is 1.89. The van der Waals surface area contributed by atoms with E-state index in [-0.39, 0.29) is 18.1 Å². The van der Waals surface area contributed by atoms with Crippen LogP contribution < -0.4 is 0 Å². The van der Waals surface area contributed by atoms with Crippen molar-refractivity contribution in [2.75, 3.05) is 13.7 Å². The van der Waals surface area contributed by atoms with Gasteiger partial charge in [-0.05, 0) is 56.2 Å². The summed E-state index contributed by atoms with van der Waals surface area (Å²) < 4.78 is 4.85. The SMILES string of the molecule is COC(=O)N1CC[C@@]2(N=O)C(C#Cc3cc(C)ccn3)CCC[C@@H]12. The van der Waals surface area contributed by atoms with Gasteiger partial charge in [-0.1, -0.05) is 11.1 Å². The number of rotatable bonds is 1. The second-order valence-electron chi connectivity index (χ2n) is 6.48. The molecule has 1 aromatic heterocycles. The van der Waals surface area contributed by atoms with Crippen LogP contribution in [0, 0.1) is 29.6 Å². The smallest absolute Gasteiger partial charge is 0.409 e. The fraction of sp³-hybridized carbons (Fsp3) is 0.556. The van der Waals surface area contributed by atoms with Crippen LogP contribution in [0.15, 0.2) is 23.5 Å². The predicted molar refractivity (Wildman–Crippen MR) is 89.2 cm³/mol. The van der Waals surface area contributed by atoms with E-state index in [0.29, 0.717) is 18.7 Å². The van der Waals surface area contributed by atoms with E-state index in [0.717, 1.165) is 24.8 Å². The van der Waals surface area contributed by atoms with Crippen LogP contribution in [0.5, 0.6) is 0 Å². The first kappa shape index (κ1) is 16.4. The lowest BCUT2D eigenvalue weighted by atomic mass is 9.70. The van der Waals surface area contributed by atoms with Crippen molar-refractivity contribution >= 4 is 6.09 Å². The van der Waals surface area contributed by atoms with Crippen molar-refractivity contribution in [1.82, 2.24) is 9.88 Å². The summed E-state index contributed by atoms with van der Waals surface area (Å²) in [5.74, 6) is 6.15. The maximum absolute atomic E-state index is 12.0. The van der Waals surface area contributed by atoms with Gasteiger partial charge in [0.05, 0.1) is 19.1 Å². The first-order valence-electron chi connectivity index (χ1n) is 8.24. The van der Waals surface area contributed by atoms with Crippen LogP contribution in [0.25, 0.3) is 0 Å². The van der Waals surface area contributed by atoms with Gasteiger partial charge in [-0.25, -0.2) is 9.78 Å². The summed E-state index contributed by atoms with van der Waals surface area (Å²) in [4.78, 5) is 29.6. The molecule has 24 heavy (non-hydrogen) atoms. The van der Waals surface area contributed by atoms with E-state index in [1.165, 1.54) is 7.11 Å². The summed E-state index contributed by atoms with van der Waals surface area (Å²) in [5, 5.41) is 3.50. The number of carbonyl (C=O) groups is 1. The third-order valence-corrected chi connectivity index (χ3v) is 5.15. The van der Waals surface area contributed by atoms with Gasteiger partial charge in [0.2, 0.25) is 0 Å². The van der Waals surface area contributed by atoms with E-state index in [2.05, 4.69) is 22.0 Å². The lowest BCUT2D eigenvalue weighted by Crippen LogP contribution is -2.52. The molecule has 3 rings (SSSR count). The molecule has 0 bridgehead atoms. The number of carbonyl (C=O) groups excluding carboxylic acids is 1. The van der Waals surface area contributed by atoms with Crippen LogP contribution in [0.2, 0.25) is 0 Å². The average molecular weight is 327 g/mol. The topological polar surface area (TPSA) is 71.9 Å². The highest BCUT2D eigenvalue weighted by Crippen LogP contribution is 2.46. The molecule has 0 spiro atoms. The van der Waals surface area contributed by atoms with E-state index in [1.807, 2.05) is 19.1 Å². The molecule has 1 aromatic rings. The molecule has 0 N–H and O–H groups in total. The van der Waals surface area contributed by atoms with Crippen molar-refractivity contribution in [2.45, 2.75) is 44.2 Å². The Labute approximate surface area is 141 Å². The summed E-state index contributed by atoms with van der Waals surface area (Å²) in [6.07, 6.45) is 4.37. The summed E-state index contributed by atoms with van der Waals surface area (Å²) in [6, 6.07) is 3.62. The number of pyridine rings is 1. The van der Waals surface area contributed by atoms with E-state index in [9.17, 15) is 9.70 Å². The van der Waals surface area contributed by atoms with Gasteiger partial charge in [0.15, 0.2) is 0 Å². The third-order valence-electron chi connectivity index (χ3n) is 5.15. The van der Waals surface area contributed by atoms with Gasteiger partial charge in [-0.2, -0.15) is 4.91 Å². The minimum atomic E-state index is -0.830. The Morgan fingerprint density at radius 1 is 1.50 bits per heavy atom. The lowest BCUT2D eigenvalue weighted by Gasteiger charge is -2.39. The Morgan fingerprint density at radius 3 is 3.04 bits per heavy atom. The number of fused-ring (bicyclic) bond motifs is 1. The van der Waals surface area contributed by atoms with Crippen LogP contribution >= 0.6 is 0 Å². The zero-order valence-corrected chi connectivity index (χ0v) is 14.0. The van der Waals surface area contributed by atoms with Gasteiger partial charge in [0.25, 0.3) is 0 Å². The molecule has 3 atom stereocenters. The molecule has 6 nitrogen and oxygen atoms in total. The van der Waals surface area contributed by atoms with Crippen molar-refractivity contribution in [2.24, 2.45) is 11.1 Å². The van der Waals surface area contributed by atoms with Gasteiger partial charge in [-0.3, -0.25) is 0 Å². The standard InChI is InChI=1S/C18H21N3O3/c1-13-8-10-19-15(12-13)7-6-14-4-3-5-16-18(14,20-23)9-11-21(16)17(22)24-2/h8,10,12,14,16H,3-5,9,11H2,1-2H3/t14?,16-,18-/m1/s1. The minimum absolute atomic E-state index is 0.161. The van der Waals surface area contributed by atoms with E-state index >= 15 is 0 Å². The van der Waals surface area contributed by atoms with Crippen molar-refractivity contribution in [3.8, 4) is 11.8 Å². The molecule has 1 unspecified atom stereocenters. The Kier molecular flexibility index (Phi) is 4.52. The normalized spacial score (nSPS) is 28.5. The first-order valence-corrected chi connectivity index (χ1v) is 8.24. The molecule has 1 saturated heterocycles. The fourth-order valence-corrected chi connectivity index (χ4v) is 3.94. The van der Waals surface area contributed by atoms with E-state index < -0.39 is 5.54 Å². The summed E-state index contributed by atoms with van der Waals surface area (Å²) in [7, 11) is 1.36. The van der Waals surface area contributed by atoms with Crippen LogP contribution in [0.3, 0.4) is 0 Å². The molecule has 126 valence electrons. The summed E-state index contributed by atoms with van der Waals surface area (Å²) in [5.41, 5.74) is 0.960. The number of likely N-dealkylation sites (tertiary alicyclic amines) is 1. The van der Waals surface area contributed by atoms with Gasteiger partial charge < -0.3 is 9.64 Å². The largest absolute Gasteiger partial charge is 0.453 e. The number of methoxy groups -OCH3 is 1. The molecule has 2 fully saturated rings.